The molecule has 0 aliphatic carbocycles. The van der Waals surface area contributed by atoms with Crippen LogP contribution >= 0.6 is 0 Å². The van der Waals surface area contributed by atoms with Crippen LogP contribution in [0.15, 0.2) is 36.7 Å². The van der Waals surface area contributed by atoms with Crippen LogP contribution in [0, 0.1) is 5.92 Å². The van der Waals surface area contributed by atoms with E-state index in [0.717, 1.165) is 48.9 Å². The van der Waals surface area contributed by atoms with Gasteiger partial charge in [-0.05, 0) is 68.4 Å². The van der Waals surface area contributed by atoms with Crippen LogP contribution in [0.3, 0.4) is 0 Å². The number of hydrogen-bond donors (Lipinski definition) is 1. The zero-order valence-corrected chi connectivity index (χ0v) is 19.0. The number of hydrogen-bond acceptors (Lipinski definition) is 5. The molecule has 0 radical (unpaired) electrons. The van der Waals surface area contributed by atoms with Gasteiger partial charge in [-0.1, -0.05) is 18.6 Å². The monoisotopic (exact) mass is 431 g/mol. The highest BCUT2D eigenvalue weighted by molar-refractivity contribution is 5.89. The molecule has 2 aliphatic rings. The number of benzene rings is 1. The fourth-order valence-electron chi connectivity index (χ4n) is 5.12. The maximum atomic E-state index is 12.7. The fourth-order valence-corrected chi connectivity index (χ4v) is 5.12. The Labute approximate surface area is 190 Å². The summed E-state index contributed by atoms with van der Waals surface area (Å²) >= 11 is 0. The van der Waals surface area contributed by atoms with Crippen LogP contribution < -0.4 is 5.32 Å². The first-order chi connectivity index (χ1) is 15.7. The molecule has 2 fully saturated rings. The standard InChI is InChI=1S/C26H33N5O/c1-30-25(18-31-10-3-2-4-11-31)24(17-29-30)19-7-8-20-16-28-23(13-22(20)12-19)14-26(32)21-6-5-9-27-15-21/h7-8,12-13,16-17,21,27H,2-6,9-11,14-15,18H2,1H3/t21-/m1/s1. The Morgan fingerprint density at radius 2 is 1.97 bits per heavy atom. The third kappa shape index (κ3) is 4.62. The van der Waals surface area contributed by atoms with Gasteiger partial charge >= 0.3 is 0 Å². The minimum absolute atomic E-state index is 0.125. The number of piperidine rings is 2. The van der Waals surface area contributed by atoms with E-state index in [-0.39, 0.29) is 5.92 Å². The molecule has 2 aromatic heterocycles. The lowest BCUT2D eigenvalue weighted by atomic mass is 9.92. The maximum absolute atomic E-state index is 12.7. The van der Waals surface area contributed by atoms with Crippen molar-refractivity contribution < 1.29 is 4.79 Å². The second kappa shape index (κ2) is 9.51. The molecule has 0 saturated carbocycles. The molecule has 0 amide bonds. The zero-order chi connectivity index (χ0) is 21.9. The highest BCUT2D eigenvalue weighted by Gasteiger charge is 2.21. The first-order valence-electron chi connectivity index (χ1n) is 12.0. The Morgan fingerprint density at radius 3 is 2.78 bits per heavy atom. The largest absolute Gasteiger partial charge is 0.316 e. The van der Waals surface area contributed by atoms with E-state index in [1.165, 1.54) is 49.2 Å². The Morgan fingerprint density at radius 1 is 1.09 bits per heavy atom. The summed E-state index contributed by atoms with van der Waals surface area (Å²) < 4.78 is 2.02. The maximum Gasteiger partial charge on any atom is 0.143 e. The Hall–Kier alpha value is -2.57. The summed E-state index contributed by atoms with van der Waals surface area (Å²) in [5, 5.41) is 10.2. The van der Waals surface area contributed by atoms with E-state index in [0.29, 0.717) is 12.2 Å². The number of aryl methyl sites for hydroxylation is 1. The summed E-state index contributed by atoms with van der Waals surface area (Å²) in [6, 6.07) is 8.61. The molecule has 5 rings (SSSR count). The first-order valence-corrected chi connectivity index (χ1v) is 12.0. The van der Waals surface area contributed by atoms with E-state index >= 15 is 0 Å². The number of Topliss-reactive ketones (excluding diaryl/α,β-unsaturated/α-hetero) is 1. The number of rotatable bonds is 6. The minimum Gasteiger partial charge on any atom is -0.316 e. The van der Waals surface area contributed by atoms with E-state index in [4.69, 9.17) is 0 Å². The topological polar surface area (TPSA) is 63.1 Å². The highest BCUT2D eigenvalue weighted by atomic mass is 16.1. The lowest BCUT2D eigenvalue weighted by Gasteiger charge is -2.26. The van der Waals surface area contributed by atoms with Gasteiger partial charge in [-0.25, -0.2) is 0 Å². The van der Waals surface area contributed by atoms with Crippen molar-refractivity contribution in [3.8, 4) is 11.1 Å². The van der Waals surface area contributed by atoms with Crippen molar-refractivity contribution >= 4 is 16.6 Å². The number of carbonyl (C=O) groups is 1. The van der Waals surface area contributed by atoms with Gasteiger partial charge in [0.25, 0.3) is 0 Å². The van der Waals surface area contributed by atoms with Gasteiger partial charge in [-0.2, -0.15) is 5.10 Å². The molecule has 32 heavy (non-hydrogen) atoms. The van der Waals surface area contributed by atoms with Crippen LogP contribution in [0.4, 0.5) is 0 Å². The van der Waals surface area contributed by atoms with Crippen LogP contribution in [-0.2, 0) is 24.8 Å². The molecule has 0 bridgehead atoms. The van der Waals surface area contributed by atoms with Gasteiger partial charge in [0.2, 0.25) is 0 Å². The van der Waals surface area contributed by atoms with Crippen LogP contribution in [0.1, 0.15) is 43.5 Å². The van der Waals surface area contributed by atoms with Gasteiger partial charge in [0.05, 0.1) is 11.9 Å². The van der Waals surface area contributed by atoms with Gasteiger partial charge in [-0.3, -0.25) is 19.4 Å². The quantitative estimate of drug-likeness (QED) is 0.644. The van der Waals surface area contributed by atoms with Crippen LogP contribution in [0.25, 0.3) is 21.9 Å². The van der Waals surface area contributed by atoms with Crippen molar-refractivity contribution in [2.45, 2.75) is 45.1 Å². The van der Waals surface area contributed by atoms with E-state index in [1.54, 1.807) is 0 Å². The molecule has 2 aliphatic heterocycles. The summed E-state index contributed by atoms with van der Waals surface area (Å²) in [6.07, 6.45) is 10.3. The SMILES string of the molecule is Cn1ncc(-c2ccc3cnc(CC(=O)[C@@H]4CCCNC4)cc3c2)c1CN1CCCCC1. The number of aromatic nitrogens is 3. The van der Waals surface area contributed by atoms with E-state index in [9.17, 15) is 4.79 Å². The molecule has 6 heteroatoms. The van der Waals surface area contributed by atoms with Crippen molar-refractivity contribution in [3.63, 3.8) is 0 Å². The first kappa shape index (κ1) is 21.3. The van der Waals surface area contributed by atoms with Crippen molar-refractivity contribution in [2.75, 3.05) is 26.2 Å². The van der Waals surface area contributed by atoms with Crippen molar-refractivity contribution in [1.29, 1.82) is 0 Å². The molecule has 0 spiro atoms. The molecule has 168 valence electrons. The summed E-state index contributed by atoms with van der Waals surface area (Å²) in [5.74, 6) is 0.427. The average Bonchev–Trinajstić information content (AvgIpc) is 3.19. The molecular weight excluding hydrogens is 398 g/mol. The van der Waals surface area contributed by atoms with Crippen LogP contribution in [0.2, 0.25) is 0 Å². The Balaban J connectivity index is 1.39. The Kier molecular flexibility index (Phi) is 6.32. The summed E-state index contributed by atoms with van der Waals surface area (Å²) in [6.45, 7) is 5.10. The molecule has 1 N–H and O–H groups in total. The summed E-state index contributed by atoms with van der Waals surface area (Å²) in [5.41, 5.74) is 4.51. The van der Waals surface area contributed by atoms with Gasteiger partial charge in [0, 0.05) is 55.3 Å². The summed E-state index contributed by atoms with van der Waals surface area (Å²) in [4.78, 5) is 19.9. The van der Waals surface area contributed by atoms with Gasteiger partial charge in [0.15, 0.2) is 0 Å². The van der Waals surface area contributed by atoms with Crippen molar-refractivity contribution in [3.05, 3.63) is 48.0 Å². The predicted octanol–water partition coefficient (Wildman–Crippen LogP) is 3.73. The third-order valence-corrected chi connectivity index (χ3v) is 7.08. The van der Waals surface area contributed by atoms with Gasteiger partial charge in [-0.15, -0.1) is 0 Å². The lowest BCUT2D eigenvalue weighted by molar-refractivity contribution is -0.122. The molecule has 2 saturated heterocycles. The van der Waals surface area contributed by atoms with Crippen molar-refractivity contribution in [1.82, 2.24) is 25.0 Å². The molecule has 6 nitrogen and oxygen atoms in total. The number of nitrogens with zero attached hydrogens (tertiary/aromatic N) is 4. The number of nitrogens with one attached hydrogen (secondary N) is 1. The normalized spacial score (nSPS) is 20.0. The second-order valence-electron chi connectivity index (χ2n) is 9.39. The fraction of sp³-hybridized carbons (Fsp3) is 0.500. The van der Waals surface area contributed by atoms with Gasteiger partial charge < -0.3 is 5.32 Å². The van der Waals surface area contributed by atoms with Gasteiger partial charge in [0.1, 0.15) is 5.78 Å². The van der Waals surface area contributed by atoms with Crippen LogP contribution in [0.5, 0.6) is 0 Å². The Bertz CT molecular complexity index is 1090. The molecule has 1 atom stereocenters. The molecule has 3 aromatic rings. The molecular formula is C26H33N5O. The smallest absolute Gasteiger partial charge is 0.143 e. The molecule has 4 heterocycles. The number of fused-ring (bicyclic) bond motifs is 1. The van der Waals surface area contributed by atoms with Crippen molar-refractivity contribution in [2.24, 2.45) is 13.0 Å². The number of ketones is 1. The van der Waals surface area contributed by atoms with E-state index in [2.05, 4.69) is 44.6 Å². The predicted molar refractivity (Wildman–Crippen MR) is 127 cm³/mol. The summed E-state index contributed by atoms with van der Waals surface area (Å²) in [7, 11) is 2.04. The second-order valence-corrected chi connectivity index (χ2v) is 9.39. The molecule has 1 aromatic carbocycles. The lowest BCUT2D eigenvalue weighted by Crippen LogP contribution is -2.35. The molecule has 0 unspecified atom stereocenters. The number of likely N-dealkylation sites (tertiary alicyclic amines) is 1. The highest BCUT2D eigenvalue weighted by Crippen LogP contribution is 2.29. The number of pyridine rings is 1. The van der Waals surface area contributed by atoms with E-state index < -0.39 is 0 Å². The average molecular weight is 432 g/mol. The minimum atomic E-state index is 0.125. The van der Waals surface area contributed by atoms with Crippen LogP contribution in [-0.4, -0.2) is 51.6 Å². The zero-order valence-electron chi connectivity index (χ0n) is 19.0. The third-order valence-electron chi connectivity index (χ3n) is 7.08. The van der Waals surface area contributed by atoms with E-state index in [1.807, 2.05) is 24.1 Å². The number of carbonyl (C=O) groups excluding carboxylic acids is 1.